The van der Waals surface area contributed by atoms with Gasteiger partial charge in [-0.1, -0.05) is 26.0 Å². The second-order valence-corrected chi connectivity index (χ2v) is 6.13. The number of nitrogens with one attached hydrogen (secondary N) is 1. The molecule has 1 unspecified atom stereocenters. The Balaban J connectivity index is 1.81. The first-order valence-electron chi connectivity index (χ1n) is 6.95. The third-order valence-corrected chi connectivity index (χ3v) is 4.36. The standard InChI is InChI=1S/C15H19N3OS/c1-9(2)14-17-15(20-18-14)16-12-8-7-11-10(12)5-4-6-13(11)19-3/h4-6,9,12H,7-8H2,1-3H3,(H,16,17,18). The van der Waals surface area contributed by atoms with Crippen molar-refractivity contribution < 1.29 is 4.74 Å². The minimum absolute atomic E-state index is 0.313. The molecular weight excluding hydrogens is 270 g/mol. The summed E-state index contributed by atoms with van der Waals surface area (Å²) in [4.78, 5) is 4.55. The van der Waals surface area contributed by atoms with Gasteiger partial charge in [0, 0.05) is 17.5 Å². The number of nitrogens with zero attached hydrogens (tertiary/aromatic N) is 2. The van der Waals surface area contributed by atoms with E-state index in [1.807, 2.05) is 6.07 Å². The number of ether oxygens (including phenoxy) is 1. The van der Waals surface area contributed by atoms with E-state index in [9.17, 15) is 0 Å². The Morgan fingerprint density at radius 2 is 2.25 bits per heavy atom. The Morgan fingerprint density at radius 3 is 2.95 bits per heavy atom. The van der Waals surface area contributed by atoms with Crippen LogP contribution in [0.25, 0.3) is 0 Å². The van der Waals surface area contributed by atoms with E-state index < -0.39 is 0 Å². The summed E-state index contributed by atoms with van der Waals surface area (Å²) in [6.45, 7) is 4.23. The Labute approximate surface area is 123 Å². The van der Waals surface area contributed by atoms with Gasteiger partial charge in [0.15, 0.2) is 0 Å². The Kier molecular flexibility index (Phi) is 3.61. The lowest BCUT2D eigenvalue weighted by atomic mass is 10.1. The molecule has 20 heavy (non-hydrogen) atoms. The predicted molar refractivity (Wildman–Crippen MR) is 81.7 cm³/mol. The van der Waals surface area contributed by atoms with Gasteiger partial charge >= 0.3 is 0 Å². The van der Waals surface area contributed by atoms with Crippen LogP contribution < -0.4 is 10.1 Å². The topological polar surface area (TPSA) is 47.0 Å². The fourth-order valence-corrected chi connectivity index (χ4v) is 3.40. The van der Waals surface area contributed by atoms with E-state index in [1.54, 1.807) is 7.11 Å². The molecule has 1 atom stereocenters. The summed E-state index contributed by atoms with van der Waals surface area (Å²) in [6, 6.07) is 6.57. The Morgan fingerprint density at radius 1 is 1.40 bits per heavy atom. The number of rotatable bonds is 4. The molecular formula is C15H19N3OS. The molecule has 1 aromatic heterocycles. The van der Waals surface area contributed by atoms with Crippen LogP contribution in [0, 0.1) is 0 Å². The molecule has 0 amide bonds. The first-order valence-corrected chi connectivity index (χ1v) is 7.72. The summed E-state index contributed by atoms with van der Waals surface area (Å²) in [7, 11) is 1.73. The molecule has 0 bridgehead atoms. The average molecular weight is 289 g/mol. The lowest BCUT2D eigenvalue weighted by Gasteiger charge is -2.13. The summed E-state index contributed by atoms with van der Waals surface area (Å²) in [5, 5.41) is 4.42. The predicted octanol–water partition coefficient (Wildman–Crippen LogP) is 3.77. The minimum Gasteiger partial charge on any atom is -0.496 e. The zero-order chi connectivity index (χ0) is 14.1. The van der Waals surface area contributed by atoms with Crippen LogP contribution in [-0.4, -0.2) is 16.5 Å². The van der Waals surface area contributed by atoms with Gasteiger partial charge in [-0.2, -0.15) is 4.37 Å². The quantitative estimate of drug-likeness (QED) is 0.930. The maximum atomic E-state index is 5.44. The van der Waals surface area contributed by atoms with Crippen LogP contribution in [0.15, 0.2) is 18.2 Å². The van der Waals surface area contributed by atoms with Crippen LogP contribution in [0.5, 0.6) is 5.75 Å². The summed E-state index contributed by atoms with van der Waals surface area (Å²) in [5.74, 6) is 2.28. The van der Waals surface area contributed by atoms with Crippen molar-refractivity contribution in [3.8, 4) is 5.75 Å². The van der Waals surface area contributed by atoms with Gasteiger partial charge in [-0.3, -0.25) is 0 Å². The third kappa shape index (κ3) is 2.38. The molecule has 2 aromatic rings. The number of benzene rings is 1. The van der Waals surface area contributed by atoms with Crippen molar-refractivity contribution in [2.45, 2.75) is 38.6 Å². The average Bonchev–Trinajstić information content (AvgIpc) is 3.06. The monoisotopic (exact) mass is 289 g/mol. The normalized spacial score (nSPS) is 17.3. The van der Waals surface area contributed by atoms with Gasteiger partial charge in [0.25, 0.3) is 0 Å². The van der Waals surface area contributed by atoms with Crippen molar-refractivity contribution >= 4 is 16.7 Å². The number of hydrogen-bond donors (Lipinski definition) is 1. The van der Waals surface area contributed by atoms with Crippen molar-refractivity contribution in [3.05, 3.63) is 35.2 Å². The van der Waals surface area contributed by atoms with Crippen LogP contribution >= 0.6 is 11.5 Å². The summed E-state index contributed by atoms with van der Waals surface area (Å²) in [5.41, 5.74) is 2.65. The third-order valence-electron chi connectivity index (χ3n) is 3.70. The van der Waals surface area contributed by atoms with E-state index >= 15 is 0 Å². The lowest BCUT2D eigenvalue weighted by molar-refractivity contribution is 0.410. The van der Waals surface area contributed by atoms with Crippen LogP contribution in [0.4, 0.5) is 5.13 Å². The van der Waals surface area contributed by atoms with Crippen LogP contribution in [0.2, 0.25) is 0 Å². The van der Waals surface area contributed by atoms with E-state index in [0.717, 1.165) is 29.5 Å². The fraction of sp³-hybridized carbons (Fsp3) is 0.467. The molecule has 0 fully saturated rings. The van der Waals surface area contributed by atoms with Gasteiger partial charge in [-0.05, 0) is 30.0 Å². The second-order valence-electron chi connectivity index (χ2n) is 5.38. The largest absolute Gasteiger partial charge is 0.496 e. The van der Waals surface area contributed by atoms with Gasteiger partial charge < -0.3 is 10.1 Å². The molecule has 1 aliphatic rings. The van der Waals surface area contributed by atoms with Crippen LogP contribution in [0.3, 0.4) is 0 Å². The van der Waals surface area contributed by atoms with Gasteiger partial charge in [0.05, 0.1) is 13.2 Å². The van der Waals surface area contributed by atoms with E-state index in [-0.39, 0.29) is 0 Å². The molecule has 0 spiro atoms. The molecule has 106 valence electrons. The highest BCUT2D eigenvalue weighted by atomic mass is 32.1. The molecule has 1 aliphatic carbocycles. The molecule has 0 aliphatic heterocycles. The van der Waals surface area contributed by atoms with Crippen molar-refractivity contribution in [2.75, 3.05) is 12.4 Å². The van der Waals surface area contributed by atoms with Crippen molar-refractivity contribution in [1.82, 2.24) is 9.36 Å². The highest BCUT2D eigenvalue weighted by Gasteiger charge is 2.25. The number of aromatic nitrogens is 2. The molecule has 0 saturated carbocycles. The molecule has 3 rings (SSSR count). The van der Waals surface area contributed by atoms with Crippen LogP contribution in [-0.2, 0) is 6.42 Å². The highest BCUT2D eigenvalue weighted by Crippen LogP contribution is 2.38. The van der Waals surface area contributed by atoms with Gasteiger partial charge in [0.1, 0.15) is 11.6 Å². The van der Waals surface area contributed by atoms with E-state index in [2.05, 4.69) is 40.7 Å². The number of anilines is 1. The van der Waals surface area contributed by atoms with Crippen molar-refractivity contribution in [2.24, 2.45) is 0 Å². The van der Waals surface area contributed by atoms with Gasteiger partial charge in [-0.15, -0.1) is 0 Å². The first-order chi connectivity index (χ1) is 9.69. The first kappa shape index (κ1) is 13.4. The molecule has 4 nitrogen and oxygen atoms in total. The number of fused-ring (bicyclic) bond motifs is 1. The SMILES string of the molecule is COc1cccc2c1CCC2Nc1nc(C(C)C)ns1. The smallest absolute Gasteiger partial charge is 0.203 e. The summed E-state index contributed by atoms with van der Waals surface area (Å²) < 4.78 is 9.83. The molecule has 0 radical (unpaired) electrons. The van der Waals surface area contributed by atoms with E-state index in [4.69, 9.17) is 4.74 Å². The molecule has 1 heterocycles. The highest BCUT2D eigenvalue weighted by molar-refractivity contribution is 7.09. The van der Waals surface area contributed by atoms with Crippen LogP contribution in [0.1, 0.15) is 49.2 Å². The van der Waals surface area contributed by atoms with Gasteiger partial charge in [-0.25, -0.2) is 4.98 Å². The maximum absolute atomic E-state index is 5.44. The zero-order valence-corrected chi connectivity index (χ0v) is 12.8. The summed E-state index contributed by atoms with van der Waals surface area (Å²) in [6.07, 6.45) is 2.12. The number of methoxy groups -OCH3 is 1. The fourth-order valence-electron chi connectivity index (χ4n) is 2.64. The van der Waals surface area contributed by atoms with Gasteiger partial charge in [0.2, 0.25) is 5.13 Å². The molecule has 0 saturated heterocycles. The lowest BCUT2D eigenvalue weighted by Crippen LogP contribution is -2.07. The number of hydrogen-bond acceptors (Lipinski definition) is 5. The Hall–Kier alpha value is -1.62. The maximum Gasteiger partial charge on any atom is 0.203 e. The van der Waals surface area contributed by atoms with E-state index in [0.29, 0.717) is 12.0 Å². The van der Waals surface area contributed by atoms with Crippen molar-refractivity contribution in [3.63, 3.8) is 0 Å². The molecule has 1 N–H and O–H groups in total. The summed E-state index contributed by atoms with van der Waals surface area (Å²) >= 11 is 1.45. The zero-order valence-electron chi connectivity index (χ0n) is 12.0. The Bertz CT molecular complexity index is 609. The second kappa shape index (κ2) is 5.40. The van der Waals surface area contributed by atoms with E-state index in [1.165, 1.54) is 22.7 Å². The minimum atomic E-state index is 0.313. The van der Waals surface area contributed by atoms with Crippen molar-refractivity contribution in [1.29, 1.82) is 0 Å². The molecule has 5 heteroatoms. The molecule has 1 aromatic carbocycles.